The van der Waals surface area contributed by atoms with Crippen molar-refractivity contribution in [2.24, 2.45) is 0 Å². The fourth-order valence-corrected chi connectivity index (χ4v) is 4.34. The quantitative estimate of drug-likeness (QED) is 0.511. The molecule has 0 N–H and O–H groups in total. The van der Waals surface area contributed by atoms with Gasteiger partial charge in [0.05, 0.1) is 5.02 Å². The van der Waals surface area contributed by atoms with E-state index in [1.54, 1.807) is 18.2 Å². The van der Waals surface area contributed by atoms with Gasteiger partial charge in [0.25, 0.3) is 0 Å². The van der Waals surface area contributed by atoms with E-state index in [0.29, 0.717) is 17.1 Å². The maximum Gasteiger partial charge on any atom is 0.142 e. The molecule has 0 aromatic heterocycles. The second-order valence-electron chi connectivity index (χ2n) is 4.98. The Morgan fingerprint density at radius 1 is 1.00 bits per heavy atom. The Hall–Kier alpha value is -0.450. The van der Waals surface area contributed by atoms with Gasteiger partial charge in [0.2, 0.25) is 0 Å². The van der Waals surface area contributed by atoms with Gasteiger partial charge in [0.1, 0.15) is 11.6 Å². The van der Waals surface area contributed by atoms with Crippen molar-refractivity contribution in [2.75, 3.05) is 10.7 Å². The lowest BCUT2D eigenvalue weighted by molar-refractivity contribution is 0.538. The monoisotopic (exact) mass is 436 g/mol. The van der Waals surface area contributed by atoms with Gasteiger partial charge in [-0.15, -0.1) is 0 Å². The minimum Gasteiger partial charge on any atom is -0.207 e. The van der Waals surface area contributed by atoms with Crippen molar-refractivity contribution in [2.45, 2.75) is 11.8 Å². The maximum absolute atomic E-state index is 13.6. The molecule has 0 bridgehead atoms. The molecule has 0 atom stereocenters. The molecule has 0 aliphatic heterocycles. The number of halogens is 5. The number of hydrogen-bond acceptors (Lipinski definition) is 0. The molecule has 0 heterocycles. The summed E-state index contributed by atoms with van der Waals surface area (Å²) >= 11 is 12.7. The van der Waals surface area contributed by atoms with Gasteiger partial charge in [-0.05, 0) is 41.8 Å². The molecule has 0 saturated carbocycles. The van der Waals surface area contributed by atoms with Crippen LogP contribution in [0.2, 0.25) is 5.02 Å². The van der Waals surface area contributed by atoms with E-state index in [4.69, 9.17) is 11.6 Å². The molecule has 5 heteroatoms. The van der Waals surface area contributed by atoms with Crippen LogP contribution in [-0.2, 0) is 11.8 Å². The van der Waals surface area contributed by atoms with E-state index in [9.17, 15) is 8.78 Å². The first-order valence-corrected chi connectivity index (χ1v) is 8.95. The highest BCUT2D eigenvalue weighted by atomic mass is 79.9. The lowest BCUT2D eigenvalue weighted by atomic mass is 9.79. The van der Waals surface area contributed by atoms with Crippen LogP contribution < -0.4 is 0 Å². The van der Waals surface area contributed by atoms with Crippen molar-refractivity contribution < 1.29 is 8.78 Å². The summed E-state index contributed by atoms with van der Waals surface area (Å²) in [7, 11) is 0. The van der Waals surface area contributed by atoms with Crippen molar-refractivity contribution in [3.63, 3.8) is 0 Å². The Kier molecular flexibility index (Phi) is 5.81. The van der Waals surface area contributed by atoms with Crippen LogP contribution in [0, 0.1) is 11.6 Å². The summed E-state index contributed by atoms with van der Waals surface area (Å²) in [5, 5.41) is 1.35. The standard InChI is InChI=1S/C16H13Br2ClF2/c17-9-16(10-18,12-2-1-3-13(20)7-12)8-11-4-5-14(19)15(21)6-11/h1-7H,8-10H2. The van der Waals surface area contributed by atoms with Crippen molar-refractivity contribution in [3.8, 4) is 0 Å². The summed E-state index contributed by atoms with van der Waals surface area (Å²) in [6, 6.07) is 11.3. The van der Waals surface area contributed by atoms with Crippen LogP contribution in [0.3, 0.4) is 0 Å². The van der Waals surface area contributed by atoms with Gasteiger partial charge < -0.3 is 0 Å². The zero-order valence-electron chi connectivity index (χ0n) is 11.1. The van der Waals surface area contributed by atoms with E-state index in [2.05, 4.69) is 31.9 Å². The van der Waals surface area contributed by atoms with E-state index >= 15 is 0 Å². The van der Waals surface area contributed by atoms with Crippen LogP contribution in [0.15, 0.2) is 42.5 Å². The van der Waals surface area contributed by atoms with Crippen molar-refractivity contribution in [1.82, 2.24) is 0 Å². The third-order valence-corrected chi connectivity index (χ3v) is 5.93. The normalized spacial score (nSPS) is 11.7. The highest BCUT2D eigenvalue weighted by Crippen LogP contribution is 2.34. The van der Waals surface area contributed by atoms with Crippen LogP contribution in [0.1, 0.15) is 11.1 Å². The molecule has 112 valence electrons. The Labute approximate surface area is 144 Å². The van der Waals surface area contributed by atoms with E-state index < -0.39 is 5.82 Å². The molecule has 2 rings (SSSR count). The number of hydrogen-bond donors (Lipinski definition) is 0. The van der Waals surface area contributed by atoms with Crippen molar-refractivity contribution >= 4 is 43.5 Å². The summed E-state index contributed by atoms with van der Waals surface area (Å²) < 4.78 is 27.1. The summed E-state index contributed by atoms with van der Waals surface area (Å²) in [4.78, 5) is 0. The van der Waals surface area contributed by atoms with E-state index in [-0.39, 0.29) is 16.3 Å². The van der Waals surface area contributed by atoms with Crippen LogP contribution in [-0.4, -0.2) is 10.7 Å². The van der Waals surface area contributed by atoms with E-state index in [0.717, 1.165) is 11.1 Å². The zero-order chi connectivity index (χ0) is 15.5. The van der Waals surface area contributed by atoms with Crippen LogP contribution in [0.4, 0.5) is 8.78 Å². The Morgan fingerprint density at radius 2 is 1.71 bits per heavy atom. The molecule has 2 aromatic carbocycles. The first kappa shape index (κ1) is 16.9. The molecule has 0 aliphatic carbocycles. The van der Waals surface area contributed by atoms with Gasteiger partial charge in [-0.25, -0.2) is 8.78 Å². The smallest absolute Gasteiger partial charge is 0.142 e. The van der Waals surface area contributed by atoms with Gasteiger partial charge in [-0.3, -0.25) is 0 Å². The summed E-state index contributed by atoms with van der Waals surface area (Å²) in [5.41, 5.74) is 1.33. The fraction of sp³-hybridized carbons (Fsp3) is 0.250. The predicted molar refractivity (Wildman–Crippen MR) is 90.8 cm³/mol. The largest absolute Gasteiger partial charge is 0.207 e. The third kappa shape index (κ3) is 3.85. The first-order valence-electron chi connectivity index (χ1n) is 6.33. The first-order chi connectivity index (χ1) is 10.0. The number of rotatable bonds is 5. The minimum atomic E-state index is -0.438. The summed E-state index contributed by atoms with van der Waals surface area (Å²) in [6.45, 7) is 0. The van der Waals surface area contributed by atoms with Crippen LogP contribution >= 0.6 is 43.5 Å². The zero-order valence-corrected chi connectivity index (χ0v) is 15.0. The summed E-state index contributed by atoms with van der Waals surface area (Å²) in [5.74, 6) is -0.715. The fourth-order valence-electron chi connectivity index (χ4n) is 2.25. The molecule has 0 amide bonds. The average Bonchev–Trinajstić information content (AvgIpc) is 2.48. The van der Waals surface area contributed by atoms with E-state index in [1.807, 2.05) is 6.07 Å². The molecule has 0 saturated heterocycles. The Bertz CT molecular complexity index is 627. The maximum atomic E-state index is 13.6. The molecular formula is C16H13Br2ClF2. The lowest BCUT2D eigenvalue weighted by Crippen LogP contribution is -2.33. The molecule has 0 unspecified atom stereocenters. The molecule has 2 aromatic rings. The topological polar surface area (TPSA) is 0 Å². The molecule has 0 spiro atoms. The molecule has 0 fully saturated rings. The van der Waals surface area contributed by atoms with Gasteiger partial charge in [0, 0.05) is 16.1 Å². The van der Waals surface area contributed by atoms with Crippen molar-refractivity contribution in [3.05, 3.63) is 70.2 Å². The predicted octanol–water partition coefficient (Wildman–Crippen LogP) is 5.89. The minimum absolute atomic E-state index is 0.104. The van der Waals surface area contributed by atoms with Gasteiger partial charge in [0.15, 0.2) is 0 Å². The van der Waals surface area contributed by atoms with Crippen molar-refractivity contribution in [1.29, 1.82) is 0 Å². The molecule has 21 heavy (non-hydrogen) atoms. The van der Waals surface area contributed by atoms with Crippen LogP contribution in [0.25, 0.3) is 0 Å². The Morgan fingerprint density at radius 3 is 2.29 bits per heavy atom. The molecule has 0 radical (unpaired) electrons. The van der Waals surface area contributed by atoms with E-state index in [1.165, 1.54) is 18.2 Å². The molecule has 0 nitrogen and oxygen atoms in total. The SMILES string of the molecule is Fc1cccc(C(CBr)(CBr)Cc2ccc(Cl)c(F)c2)c1. The van der Waals surface area contributed by atoms with Crippen LogP contribution in [0.5, 0.6) is 0 Å². The third-order valence-electron chi connectivity index (χ3n) is 3.48. The van der Waals surface area contributed by atoms with Gasteiger partial charge in [-0.1, -0.05) is 61.7 Å². The Balaban J connectivity index is 2.40. The highest BCUT2D eigenvalue weighted by Gasteiger charge is 2.31. The molecule has 0 aliphatic rings. The summed E-state index contributed by atoms with van der Waals surface area (Å²) in [6.07, 6.45) is 0.570. The number of alkyl halides is 2. The highest BCUT2D eigenvalue weighted by molar-refractivity contribution is 9.09. The average molecular weight is 439 g/mol. The van der Waals surface area contributed by atoms with Gasteiger partial charge >= 0.3 is 0 Å². The number of benzene rings is 2. The lowest BCUT2D eigenvalue weighted by Gasteiger charge is -2.31. The second kappa shape index (κ2) is 7.21. The molecular weight excluding hydrogens is 425 g/mol. The second-order valence-corrected chi connectivity index (χ2v) is 6.51. The van der Waals surface area contributed by atoms with Gasteiger partial charge in [-0.2, -0.15) is 0 Å².